The number of quaternary nitrogens is 1. The predicted molar refractivity (Wildman–Crippen MR) is 189 cm³/mol. The number of hydrogen-bond donors (Lipinski definition) is 1. The van der Waals surface area contributed by atoms with Crippen molar-refractivity contribution in [3.05, 3.63) is 12.2 Å². The highest BCUT2D eigenvalue weighted by molar-refractivity contribution is 7.45. The maximum Gasteiger partial charge on any atom is 0.306 e. The number of carbonyl (C=O) groups excluding carboxylic acids is 2. The van der Waals surface area contributed by atoms with E-state index in [4.69, 9.17) is 18.5 Å². The maximum atomic E-state index is 12.5. The van der Waals surface area contributed by atoms with Crippen molar-refractivity contribution < 1.29 is 43.3 Å². The Labute approximate surface area is 288 Å². The van der Waals surface area contributed by atoms with Gasteiger partial charge < -0.3 is 29.1 Å². The third kappa shape index (κ3) is 34.4. The summed E-state index contributed by atoms with van der Waals surface area (Å²) < 4.78 is 32.4. The minimum absolute atomic E-state index is 0.103. The van der Waals surface area contributed by atoms with Crippen LogP contribution in [0.1, 0.15) is 181 Å². The number of ether oxygens (including phenoxy) is 2. The molecule has 0 aliphatic carbocycles. The Morgan fingerprint density at radius 3 is 1.53 bits per heavy atom. The van der Waals surface area contributed by atoms with Gasteiger partial charge in [-0.2, -0.15) is 0 Å². The quantitative estimate of drug-likeness (QED) is 0.0298. The molecule has 0 saturated heterocycles. The van der Waals surface area contributed by atoms with Crippen molar-refractivity contribution in [2.24, 2.45) is 0 Å². The lowest BCUT2D eigenvalue weighted by Gasteiger charge is -2.25. The van der Waals surface area contributed by atoms with Crippen LogP contribution in [0.3, 0.4) is 0 Å². The van der Waals surface area contributed by atoms with Crippen LogP contribution in [-0.2, 0) is 32.7 Å². The summed E-state index contributed by atoms with van der Waals surface area (Å²) in [7, 11) is -4.58. The number of allylic oxidation sites excluding steroid dienone is 2. The lowest BCUT2D eigenvalue weighted by atomic mass is 10.0. The van der Waals surface area contributed by atoms with Crippen molar-refractivity contribution >= 4 is 19.8 Å². The number of phosphoric acid groups is 1. The second-order valence-electron chi connectivity index (χ2n) is 12.8. The van der Waals surface area contributed by atoms with E-state index in [1.807, 2.05) is 0 Å². The molecule has 10 heteroatoms. The summed E-state index contributed by atoms with van der Waals surface area (Å²) in [6.45, 7) is 3.91. The Balaban J connectivity index is 4.22. The molecule has 0 aromatic rings. The van der Waals surface area contributed by atoms with Gasteiger partial charge in [0.05, 0.1) is 13.2 Å². The molecular formula is C37H72NO8P. The molecule has 0 amide bonds. The molecule has 0 fully saturated rings. The number of phosphoric ester groups is 1. The van der Waals surface area contributed by atoms with Gasteiger partial charge in [-0.05, 0) is 38.5 Å². The fourth-order valence-corrected chi connectivity index (χ4v) is 6.06. The van der Waals surface area contributed by atoms with Gasteiger partial charge >= 0.3 is 11.9 Å². The predicted octanol–water partition coefficient (Wildman–Crippen LogP) is 8.92. The van der Waals surface area contributed by atoms with Crippen LogP contribution in [0, 0.1) is 0 Å². The molecule has 0 saturated carbocycles. The van der Waals surface area contributed by atoms with E-state index in [2.05, 4.69) is 31.7 Å². The molecule has 278 valence electrons. The highest BCUT2D eigenvalue weighted by Gasteiger charge is 2.21. The Hall–Kier alpha value is -1.25. The second kappa shape index (κ2) is 34.6. The van der Waals surface area contributed by atoms with Crippen LogP contribution in [0.15, 0.2) is 12.2 Å². The fourth-order valence-electron chi connectivity index (χ4n) is 5.28. The first kappa shape index (κ1) is 45.8. The molecule has 3 N–H and O–H groups in total. The molecular weight excluding hydrogens is 617 g/mol. The zero-order valence-corrected chi connectivity index (χ0v) is 31.3. The summed E-state index contributed by atoms with van der Waals surface area (Å²) in [5.41, 5.74) is 3.54. The van der Waals surface area contributed by atoms with Crippen molar-refractivity contribution in [2.75, 3.05) is 26.4 Å². The van der Waals surface area contributed by atoms with E-state index < -0.39 is 26.5 Å². The Kier molecular flexibility index (Phi) is 33.7. The van der Waals surface area contributed by atoms with Crippen molar-refractivity contribution in [2.45, 2.75) is 187 Å². The second-order valence-corrected chi connectivity index (χ2v) is 14.3. The smallest absolute Gasteiger partial charge is 0.306 e. The van der Waals surface area contributed by atoms with Crippen LogP contribution in [-0.4, -0.2) is 44.4 Å². The SMILES string of the molecule is CCCCCC/C=C\CCCCCCCC(=O)OC(COC(=O)CCCCCCCCCCCCCCC)COP(=O)([O-])OCC[NH3+]. The van der Waals surface area contributed by atoms with E-state index in [9.17, 15) is 19.0 Å². The van der Waals surface area contributed by atoms with Gasteiger partial charge in [-0.1, -0.05) is 142 Å². The number of rotatable bonds is 36. The molecule has 0 spiro atoms. The zero-order chi connectivity index (χ0) is 34.7. The van der Waals surface area contributed by atoms with Gasteiger partial charge in [0.2, 0.25) is 0 Å². The lowest BCUT2D eigenvalue weighted by Crippen LogP contribution is -2.52. The summed E-state index contributed by atoms with van der Waals surface area (Å²) in [4.78, 5) is 36.8. The minimum Gasteiger partial charge on any atom is -0.756 e. The first-order valence-electron chi connectivity index (χ1n) is 19.2. The van der Waals surface area contributed by atoms with Gasteiger partial charge in [0, 0.05) is 12.8 Å². The van der Waals surface area contributed by atoms with E-state index in [0.29, 0.717) is 6.42 Å². The molecule has 0 aromatic heterocycles. The molecule has 9 nitrogen and oxygen atoms in total. The highest BCUT2D eigenvalue weighted by atomic mass is 31.2. The monoisotopic (exact) mass is 689 g/mol. The first-order valence-corrected chi connectivity index (χ1v) is 20.7. The first-order chi connectivity index (χ1) is 22.8. The van der Waals surface area contributed by atoms with Crippen LogP contribution in [0.2, 0.25) is 0 Å². The van der Waals surface area contributed by atoms with Crippen LogP contribution in [0.4, 0.5) is 0 Å². The van der Waals surface area contributed by atoms with E-state index in [0.717, 1.165) is 51.4 Å². The Morgan fingerprint density at radius 1 is 0.617 bits per heavy atom. The number of carbonyl (C=O) groups is 2. The number of hydrogen-bond acceptors (Lipinski definition) is 8. The molecule has 2 unspecified atom stereocenters. The molecule has 0 aliphatic rings. The molecule has 0 rings (SSSR count). The summed E-state index contributed by atoms with van der Waals surface area (Å²) >= 11 is 0. The van der Waals surface area contributed by atoms with E-state index in [1.165, 1.54) is 96.3 Å². The topological polar surface area (TPSA) is 139 Å². The number of unbranched alkanes of at least 4 members (excludes halogenated alkanes) is 21. The number of esters is 2. The standard InChI is InChI=1S/C37H72NO8P/c1-3-5-7-9-11-13-15-17-19-21-23-25-27-29-36(39)43-33-35(34-45-47(41,42)44-32-31-38)46-37(40)30-28-26-24-22-20-18-16-14-12-10-8-6-4-2/h14,16,35H,3-13,15,17-34,38H2,1-2H3,(H,41,42)/b16-14-. The third-order valence-corrected chi connectivity index (χ3v) is 9.13. The molecule has 2 atom stereocenters. The highest BCUT2D eigenvalue weighted by Crippen LogP contribution is 2.38. The van der Waals surface area contributed by atoms with Gasteiger partial charge in [0.25, 0.3) is 7.82 Å². The van der Waals surface area contributed by atoms with E-state index >= 15 is 0 Å². The summed E-state index contributed by atoms with van der Waals surface area (Å²) in [6.07, 6.45) is 32.3. The molecule has 47 heavy (non-hydrogen) atoms. The molecule has 0 aliphatic heterocycles. The fraction of sp³-hybridized carbons (Fsp3) is 0.892. The lowest BCUT2D eigenvalue weighted by molar-refractivity contribution is -0.373. The van der Waals surface area contributed by atoms with Gasteiger partial charge in [-0.3, -0.25) is 14.2 Å². The molecule has 0 aromatic carbocycles. The van der Waals surface area contributed by atoms with Gasteiger partial charge in [-0.25, -0.2) is 0 Å². The van der Waals surface area contributed by atoms with E-state index in [-0.39, 0.29) is 38.6 Å². The van der Waals surface area contributed by atoms with Crippen LogP contribution in [0.25, 0.3) is 0 Å². The molecule has 0 heterocycles. The molecule has 0 bridgehead atoms. The summed E-state index contributed by atoms with van der Waals surface area (Å²) in [6, 6.07) is 0. The van der Waals surface area contributed by atoms with Crippen LogP contribution < -0.4 is 10.6 Å². The van der Waals surface area contributed by atoms with E-state index in [1.54, 1.807) is 0 Å². The largest absolute Gasteiger partial charge is 0.756 e. The zero-order valence-electron chi connectivity index (χ0n) is 30.4. The van der Waals surface area contributed by atoms with Gasteiger partial charge in [-0.15, -0.1) is 0 Å². The van der Waals surface area contributed by atoms with Crippen molar-refractivity contribution in [3.63, 3.8) is 0 Å². The average molecular weight is 690 g/mol. The third-order valence-electron chi connectivity index (χ3n) is 8.17. The normalized spacial score (nSPS) is 13.5. The van der Waals surface area contributed by atoms with Crippen molar-refractivity contribution in [3.8, 4) is 0 Å². The summed E-state index contributed by atoms with van der Waals surface area (Å²) in [5.74, 6) is -0.851. The van der Waals surface area contributed by atoms with Crippen LogP contribution >= 0.6 is 7.82 Å². The Morgan fingerprint density at radius 2 is 1.04 bits per heavy atom. The minimum atomic E-state index is -4.58. The van der Waals surface area contributed by atoms with Crippen molar-refractivity contribution in [1.29, 1.82) is 0 Å². The Bertz CT molecular complexity index is 794. The van der Waals surface area contributed by atoms with Crippen molar-refractivity contribution in [1.82, 2.24) is 0 Å². The average Bonchev–Trinajstić information content (AvgIpc) is 3.05. The molecule has 0 radical (unpaired) electrons. The summed E-state index contributed by atoms with van der Waals surface area (Å²) in [5, 5.41) is 0. The van der Waals surface area contributed by atoms with Gasteiger partial charge in [0.1, 0.15) is 13.2 Å². The van der Waals surface area contributed by atoms with Crippen LogP contribution in [0.5, 0.6) is 0 Å². The maximum absolute atomic E-state index is 12.5. The van der Waals surface area contributed by atoms with Gasteiger partial charge in [0.15, 0.2) is 6.10 Å².